The lowest BCUT2D eigenvalue weighted by Gasteiger charge is -2.29. The Balaban J connectivity index is 1.59. The molecule has 15 heavy (non-hydrogen) atoms. The molecule has 2 rings (SSSR count). The zero-order valence-electron chi connectivity index (χ0n) is 9.58. The maximum atomic E-state index is 6.11. The Bertz CT molecular complexity index is 180. The predicted octanol–water partition coefficient (Wildman–Crippen LogP) is 1.13. The maximum Gasteiger partial charge on any atom is 0.0507 e. The molecule has 1 aliphatic carbocycles. The fourth-order valence-electron chi connectivity index (χ4n) is 2.71. The Hall–Kier alpha value is -0.120. The third-order valence-electron chi connectivity index (χ3n) is 3.83. The molecule has 3 atom stereocenters. The van der Waals surface area contributed by atoms with Crippen LogP contribution >= 0.6 is 0 Å². The van der Waals surface area contributed by atoms with E-state index in [9.17, 15) is 0 Å². The fraction of sp³-hybridized carbons (Fsp3) is 1.00. The van der Waals surface area contributed by atoms with Gasteiger partial charge in [-0.05, 0) is 37.6 Å². The molecule has 0 aromatic carbocycles. The van der Waals surface area contributed by atoms with Crippen molar-refractivity contribution in [1.29, 1.82) is 0 Å². The molecule has 0 spiro atoms. The molecular formula is C12H24N2O. The Morgan fingerprint density at radius 3 is 2.73 bits per heavy atom. The summed E-state index contributed by atoms with van der Waals surface area (Å²) < 4.78 is 5.36. The van der Waals surface area contributed by atoms with E-state index in [1.54, 1.807) is 0 Å². The molecule has 0 aromatic heterocycles. The molecule has 88 valence electrons. The summed E-state index contributed by atoms with van der Waals surface area (Å²) in [5.74, 6) is 1.45. The molecule has 0 radical (unpaired) electrons. The highest BCUT2D eigenvalue weighted by molar-refractivity contribution is 4.80. The number of ether oxygens (including phenoxy) is 1. The number of nitrogens with one attached hydrogen (secondary N) is 1. The molecule has 2 fully saturated rings. The second-order valence-electron chi connectivity index (χ2n) is 5.10. The van der Waals surface area contributed by atoms with Crippen LogP contribution in [0.4, 0.5) is 0 Å². The first-order chi connectivity index (χ1) is 7.36. The summed E-state index contributed by atoms with van der Waals surface area (Å²) in [4.78, 5) is 0. The summed E-state index contributed by atoms with van der Waals surface area (Å²) in [7, 11) is 0. The van der Waals surface area contributed by atoms with E-state index >= 15 is 0 Å². The summed E-state index contributed by atoms with van der Waals surface area (Å²) in [6.45, 7) is 4.12. The van der Waals surface area contributed by atoms with Crippen molar-refractivity contribution in [3.8, 4) is 0 Å². The van der Waals surface area contributed by atoms with Crippen molar-refractivity contribution < 1.29 is 4.74 Å². The van der Waals surface area contributed by atoms with E-state index in [4.69, 9.17) is 10.5 Å². The predicted molar refractivity (Wildman–Crippen MR) is 61.7 cm³/mol. The molecule has 0 amide bonds. The van der Waals surface area contributed by atoms with Crippen molar-refractivity contribution in [3.63, 3.8) is 0 Å². The van der Waals surface area contributed by atoms with Gasteiger partial charge in [-0.25, -0.2) is 0 Å². The minimum atomic E-state index is 0.436. The minimum Gasteiger partial charge on any atom is -0.381 e. The lowest BCUT2D eigenvalue weighted by atomic mass is 9.85. The molecule has 3 heteroatoms. The molecule has 0 aromatic rings. The Morgan fingerprint density at radius 2 is 2.00 bits per heavy atom. The van der Waals surface area contributed by atoms with E-state index < -0.39 is 0 Å². The van der Waals surface area contributed by atoms with Crippen LogP contribution in [-0.4, -0.2) is 32.3 Å². The topological polar surface area (TPSA) is 47.3 Å². The second-order valence-corrected chi connectivity index (χ2v) is 5.10. The summed E-state index contributed by atoms with van der Waals surface area (Å²) in [5.41, 5.74) is 6.11. The molecule has 1 saturated heterocycles. The molecule has 1 saturated carbocycles. The van der Waals surface area contributed by atoms with Crippen molar-refractivity contribution in [2.75, 3.05) is 26.3 Å². The van der Waals surface area contributed by atoms with Gasteiger partial charge in [0.25, 0.3) is 0 Å². The van der Waals surface area contributed by atoms with E-state index in [-0.39, 0.29) is 0 Å². The largest absolute Gasteiger partial charge is 0.381 e. The van der Waals surface area contributed by atoms with Gasteiger partial charge in [0.2, 0.25) is 0 Å². The van der Waals surface area contributed by atoms with Crippen LogP contribution in [0.15, 0.2) is 0 Å². The van der Waals surface area contributed by atoms with Gasteiger partial charge in [-0.15, -0.1) is 0 Å². The minimum absolute atomic E-state index is 0.436. The number of hydrogen-bond acceptors (Lipinski definition) is 3. The van der Waals surface area contributed by atoms with Crippen molar-refractivity contribution in [1.82, 2.24) is 5.32 Å². The first kappa shape index (κ1) is 11.4. The van der Waals surface area contributed by atoms with Gasteiger partial charge >= 0.3 is 0 Å². The monoisotopic (exact) mass is 212 g/mol. The van der Waals surface area contributed by atoms with Crippen LogP contribution < -0.4 is 11.1 Å². The van der Waals surface area contributed by atoms with Crippen LogP contribution in [0.25, 0.3) is 0 Å². The normalized spacial score (nSPS) is 37.0. The quantitative estimate of drug-likeness (QED) is 0.734. The van der Waals surface area contributed by atoms with E-state index in [0.717, 1.165) is 32.2 Å². The summed E-state index contributed by atoms with van der Waals surface area (Å²) >= 11 is 0. The average Bonchev–Trinajstić information content (AvgIpc) is 2.74. The lowest BCUT2D eigenvalue weighted by Crippen LogP contribution is -2.40. The molecule has 1 aliphatic heterocycles. The average molecular weight is 212 g/mol. The Morgan fingerprint density at radius 1 is 1.13 bits per heavy atom. The molecule has 1 heterocycles. The van der Waals surface area contributed by atoms with Crippen molar-refractivity contribution in [2.45, 2.75) is 38.1 Å². The smallest absolute Gasteiger partial charge is 0.0507 e. The van der Waals surface area contributed by atoms with Crippen molar-refractivity contribution in [2.24, 2.45) is 17.6 Å². The summed E-state index contributed by atoms with van der Waals surface area (Å²) in [6.07, 6.45) is 6.46. The van der Waals surface area contributed by atoms with Gasteiger partial charge < -0.3 is 15.8 Å². The van der Waals surface area contributed by atoms with Crippen LogP contribution in [0, 0.1) is 11.8 Å². The first-order valence-corrected chi connectivity index (χ1v) is 6.40. The van der Waals surface area contributed by atoms with E-state index in [1.165, 1.54) is 32.1 Å². The Labute approximate surface area is 92.7 Å². The van der Waals surface area contributed by atoms with E-state index in [1.807, 2.05) is 0 Å². The first-order valence-electron chi connectivity index (χ1n) is 6.40. The summed E-state index contributed by atoms with van der Waals surface area (Å²) in [6, 6.07) is 0.436. The molecular weight excluding hydrogens is 188 g/mol. The Kier molecular flexibility index (Phi) is 4.42. The lowest BCUT2D eigenvalue weighted by molar-refractivity contribution is 0.184. The highest BCUT2D eigenvalue weighted by Crippen LogP contribution is 2.22. The van der Waals surface area contributed by atoms with Crippen LogP contribution in [-0.2, 0) is 4.74 Å². The van der Waals surface area contributed by atoms with Crippen LogP contribution in [0.1, 0.15) is 32.1 Å². The van der Waals surface area contributed by atoms with Gasteiger partial charge in [0.15, 0.2) is 0 Å². The third kappa shape index (κ3) is 3.44. The van der Waals surface area contributed by atoms with Crippen LogP contribution in [0.5, 0.6) is 0 Å². The SMILES string of the molecule is NC1CCCCC1CNCC1CCOC1. The molecule has 3 nitrogen and oxygen atoms in total. The zero-order chi connectivity index (χ0) is 10.5. The maximum absolute atomic E-state index is 6.11. The molecule has 2 aliphatic rings. The highest BCUT2D eigenvalue weighted by Gasteiger charge is 2.22. The standard InChI is InChI=1S/C12H24N2O/c13-12-4-2-1-3-11(12)8-14-7-10-5-6-15-9-10/h10-12,14H,1-9,13H2. The van der Waals surface area contributed by atoms with Gasteiger partial charge in [-0.3, -0.25) is 0 Å². The van der Waals surface area contributed by atoms with Gasteiger partial charge in [0, 0.05) is 19.2 Å². The zero-order valence-corrected chi connectivity index (χ0v) is 9.58. The van der Waals surface area contributed by atoms with Crippen molar-refractivity contribution >= 4 is 0 Å². The van der Waals surface area contributed by atoms with Gasteiger partial charge in [0.05, 0.1) is 6.61 Å². The summed E-state index contributed by atoms with van der Waals surface area (Å²) in [5, 5.41) is 3.57. The number of rotatable bonds is 4. The van der Waals surface area contributed by atoms with Gasteiger partial charge in [0.1, 0.15) is 0 Å². The molecule has 3 N–H and O–H groups in total. The van der Waals surface area contributed by atoms with E-state index in [0.29, 0.717) is 12.0 Å². The fourth-order valence-corrected chi connectivity index (χ4v) is 2.71. The number of hydrogen-bond donors (Lipinski definition) is 2. The third-order valence-corrected chi connectivity index (χ3v) is 3.83. The van der Waals surface area contributed by atoms with Gasteiger partial charge in [-0.2, -0.15) is 0 Å². The van der Waals surface area contributed by atoms with Crippen LogP contribution in [0.2, 0.25) is 0 Å². The number of nitrogens with two attached hydrogens (primary N) is 1. The molecule has 0 bridgehead atoms. The highest BCUT2D eigenvalue weighted by atomic mass is 16.5. The van der Waals surface area contributed by atoms with E-state index in [2.05, 4.69) is 5.32 Å². The van der Waals surface area contributed by atoms with Crippen molar-refractivity contribution in [3.05, 3.63) is 0 Å². The molecule has 3 unspecified atom stereocenters. The second kappa shape index (κ2) is 5.83. The van der Waals surface area contributed by atoms with Gasteiger partial charge in [-0.1, -0.05) is 12.8 Å². The van der Waals surface area contributed by atoms with Crippen LogP contribution in [0.3, 0.4) is 0 Å².